The van der Waals surface area contributed by atoms with Crippen LogP contribution in [-0.2, 0) is 0 Å². The molecule has 3 atom stereocenters. The van der Waals surface area contributed by atoms with E-state index in [1.165, 1.54) is 68.3 Å². The van der Waals surface area contributed by atoms with Gasteiger partial charge in [-0.1, -0.05) is 42.8 Å². The predicted octanol–water partition coefficient (Wildman–Crippen LogP) is 5.73. The van der Waals surface area contributed by atoms with E-state index in [0.29, 0.717) is 5.92 Å². The van der Waals surface area contributed by atoms with Gasteiger partial charge in [0.2, 0.25) is 0 Å². The van der Waals surface area contributed by atoms with Crippen LogP contribution in [-0.4, -0.2) is 31.1 Å². The third-order valence-electron chi connectivity index (χ3n) is 7.48. The summed E-state index contributed by atoms with van der Waals surface area (Å²) in [5, 5.41) is 0. The van der Waals surface area contributed by atoms with Crippen LogP contribution >= 0.6 is 0 Å². The maximum Gasteiger partial charge on any atom is 0.119 e. The highest BCUT2D eigenvalue weighted by Crippen LogP contribution is 2.48. The van der Waals surface area contributed by atoms with Crippen molar-refractivity contribution >= 4 is 0 Å². The number of rotatable bonds is 4. The lowest BCUT2D eigenvalue weighted by atomic mass is 9.83. The standard InChI is InChI=1S/C25H31NO/c1-27-22-6-4-5-20(17-22)24-8-3-2-7-23(24)19-11-13-26(14-12-19)25-16-18-9-10-21(25)15-18/h2-8,17-19,21,25H,9-16H2,1H3/t18-,21-,25-/m0/s1. The Morgan fingerprint density at radius 2 is 1.74 bits per heavy atom. The van der Waals surface area contributed by atoms with Crippen molar-refractivity contribution in [2.75, 3.05) is 20.2 Å². The molecule has 27 heavy (non-hydrogen) atoms. The minimum Gasteiger partial charge on any atom is -0.497 e. The van der Waals surface area contributed by atoms with Crippen molar-refractivity contribution < 1.29 is 4.74 Å². The largest absolute Gasteiger partial charge is 0.497 e. The third kappa shape index (κ3) is 3.29. The SMILES string of the molecule is COc1cccc(-c2ccccc2C2CCN([C@H]3C[C@H]4CC[C@H]3C4)CC2)c1. The molecule has 1 heterocycles. The van der Waals surface area contributed by atoms with E-state index in [1.54, 1.807) is 7.11 Å². The normalized spacial score (nSPS) is 28.6. The Hall–Kier alpha value is -1.80. The van der Waals surface area contributed by atoms with Crippen LogP contribution in [0.25, 0.3) is 11.1 Å². The van der Waals surface area contributed by atoms with Gasteiger partial charge in [-0.05, 0) is 91.8 Å². The number of ether oxygens (including phenoxy) is 1. The maximum atomic E-state index is 5.45. The van der Waals surface area contributed by atoms with Gasteiger partial charge in [0, 0.05) is 6.04 Å². The smallest absolute Gasteiger partial charge is 0.119 e. The molecule has 3 aliphatic rings. The van der Waals surface area contributed by atoms with E-state index < -0.39 is 0 Å². The zero-order valence-corrected chi connectivity index (χ0v) is 16.4. The van der Waals surface area contributed by atoms with E-state index in [2.05, 4.69) is 47.4 Å². The molecule has 2 saturated carbocycles. The van der Waals surface area contributed by atoms with Crippen LogP contribution in [0.3, 0.4) is 0 Å². The monoisotopic (exact) mass is 361 g/mol. The van der Waals surface area contributed by atoms with E-state index in [0.717, 1.165) is 23.6 Å². The van der Waals surface area contributed by atoms with Crippen molar-refractivity contribution in [1.29, 1.82) is 0 Å². The van der Waals surface area contributed by atoms with Crippen LogP contribution in [0.1, 0.15) is 50.0 Å². The second-order valence-electron chi connectivity index (χ2n) is 8.87. The summed E-state index contributed by atoms with van der Waals surface area (Å²) in [6, 6.07) is 18.4. The van der Waals surface area contributed by atoms with Gasteiger partial charge in [-0.3, -0.25) is 0 Å². The van der Waals surface area contributed by atoms with Crippen molar-refractivity contribution in [3.8, 4) is 16.9 Å². The van der Waals surface area contributed by atoms with Crippen molar-refractivity contribution in [3.05, 3.63) is 54.1 Å². The number of likely N-dealkylation sites (tertiary alicyclic amines) is 1. The Morgan fingerprint density at radius 1 is 0.889 bits per heavy atom. The quantitative estimate of drug-likeness (QED) is 0.689. The summed E-state index contributed by atoms with van der Waals surface area (Å²) in [5.74, 6) is 3.68. The van der Waals surface area contributed by atoms with Crippen molar-refractivity contribution in [2.24, 2.45) is 11.8 Å². The highest BCUT2D eigenvalue weighted by atomic mass is 16.5. The van der Waals surface area contributed by atoms with E-state index in [-0.39, 0.29) is 0 Å². The van der Waals surface area contributed by atoms with Crippen molar-refractivity contribution in [3.63, 3.8) is 0 Å². The van der Waals surface area contributed by atoms with Gasteiger partial charge < -0.3 is 9.64 Å². The summed E-state index contributed by atoms with van der Waals surface area (Å²) >= 11 is 0. The molecule has 2 aliphatic carbocycles. The molecule has 2 aromatic carbocycles. The molecule has 1 aliphatic heterocycles. The molecule has 2 heteroatoms. The summed E-state index contributed by atoms with van der Waals surface area (Å²) in [4.78, 5) is 2.84. The molecule has 1 saturated heterocycles. The minimum absolute atomic E-state index is 0.683. The molecule has 0 spiro atoms. The predicted molar refractivity (Wildman–Crippen MR) is 111 cm³/mol. The lowest BCUT2D eigenvalue weighted by molar-refractivity contribution is 0.111. The first-order valence-corrected chi connectivity index (χ1v) is 10.8. The van der Waals surface area contributed by atoms with Crippen LogP contribution in [0.2, 0.25) is 0 Å². The molecule has 0 unspecified atom stereocenters. The lowest BCUT2D eigenvalue weighted by Gasteiger charge is -2.40. The molecular weight excluding hydrogens is 330 g/mol. The fraction of sp³-hybridized carbons (Fsp3) is 0.520. The van der Waals surface area contributed by atoms with Crippen molar-refractivity contribution in [1.82, 2.24) is 4.90 Å². The second-order valence-corrected chi connectivity index (χ2v) is 8.87. The van der Waals surface area contributed by atoms with Crippen LogP contribution in [0.4, 0.5) is 0 Å². The molecule has 2 aromatic rings. The van der Waals surface area contributed by atoms with Gasteiger partial charge in [0.05, 0.1) is 7.11 Å². The van der Waals surface area contributed by atoms with Gasteiger partial charge in [0.1, 0.15) is 5.75 Å². The van der Waals surface area contributed by atoms with Crippen LogP contribution in [0.15, 0.2) is 48.5 Å². The molecule has 0 N–H and O–H groups in total. The molecule has 2 bridgehead atoms. The molecule has 142 valence electrons. The Bertz CT molecular complexity index is 792. The number of benzene rings is 2. The van der Waals surface area contributed by atoms with Gasteiger partial charge in [0.25, 0.3) is 0 Å². The minimum atomic E-state index is 0.683. The van der Waals surface area contributed by atoms with Gasteiger partial charge >= 0.3 is 0 Å². The first kappa shape index (κ1) is 17.3. The fourth-order valence-electron chi connectivity index (χ4n) is 6.11. The van der Waals surface area contributed by atoms with E-state index in [9.17, 15) is 0 Å². The lowest BCUT2D eigenvalue weighted by Crippen LogP contribution is -2.43. The molecule has 0 radical (unpaired) electrons. The van der Waals surface area contributed by atoms with Crippen molar-refractivity contribution in [2.45, 2.75) is 50.5 Å². The molecule has 3 fully saturated rings. The number of fused-ring (bicyclic) bond motifs is 2. The number of hydrogen-bond donors (Lipinski definition) is 0. The van der Waals surface area contributed by atoms with Gasteiger partial charge in [-0.25, -0.2) is 0 Å². The third-order valence-corrected chi connectivity index (χ3v) is 7.48. The first-order valence-electron chi connectivity index (χ1n) is 10.8. The first-order chi connectivity index (χ1) is 13.3. The summed E-state index contributed by atoms with van der Waals surface area (Å²) < 4.78 is 5.45. The average molecular weight is 362 g/mol. The molecule has 2 nitrogen and oxygen atoms in total. The number of methoxy groups -OCH3 is 1. The Kier molecular flexibility index (Phi) is 4.69. The van der Waals surface area contributed by atoms with Crippen LogP contribution in [0.5, 0.6) is 5.75 Å². The van der Waals surface area contributed by atoms with Gasteiger partial charge in [0.15, 0.2) is 0 Å². The Morgan fingerprint density at radius 3 is 2.48 bits per heavy atom. The zero-order chi connectivity index (χ0) is 18.2. The summed E-state index contributed by atoms with van der Waals surface area (Å²) in [6.45, 7) is 2.57. The summed E-state index contributed by atoms with van der Waals surface area (Å²) in [7, 11) is 1.75. The average Bonchev–Trinajstić information content (AvgIpc) is 3.38. The van der Waals surface area contributed by atoms with Crippen LogP contribution in [0, 0.1) is 11.8 Å². The second kappa shape index (κ2) is 7.31. The maximum absolute atomic E-state index is 5.45. The van der Waals surface area contributed by atoms with Crippen LogP contribution < -0.4 is 4.74 Å². The fourth-order valence-corrected chi connectivity index (χ4v) is 6.11. The Balaban J connectivity index is 1.33. The highest BCUT2D eigenvalue weighted by molar-refractivity contribution is 5.69. The molecule has 0 aromatic heterocycles. The number of nitrogens with zero attached hydrogens (tertiary/aromatic N) is 1. The van der Waals surface area contributed by atoms with E-state index in [4.69, 9.17) is 4.74 Å². The molecule has 0 amide bonds. The Labute approximate surface area is 163 Å². The van der Waals surface area contributed by atoms with Gasteiger partial charge in [-0.15, -0.1) is 0 Å². The summed E-state index contributed by atoms with van der Waals surface area (Å²) in [5.41, 5.74) is 4.19. The number of piperidine rings is 1. The van der Waals surface area contributed by atoms with Gasteiger partial charge in [-0.2, -0.15) is 0 Å². The summed E-state index contributed by atoms with van der Waals surface area (Å²) in [6.07, 6.45) is 8.60. The van der Waals surface area contributed by atoms with E-state index in [1.807, 2.05) is 6.07 Å². The highest BCUT2D eigenvalue weighted by Gasteiger charge is 2.42. The topological polar surface area (TPSA) is 12.5 Å². The van der Waals surface area contributed by atoms with E-state index >= 15 is 0 Å². The number of hydrogen-bond acceptors (Lipinski definition) is 2. The molecule has 5 rings (SSSR count). The molecular formula is C25H31NO. The zero-order valence-electron chi connectivity index (χ0n) is 16.4.